The molecule has 0 spiro atoms. The molecule has 2 aromatic rings. The first-order valence-corrected chi connectivity index (χ1v) is 10.2. The molecule has 9 heteroatoms. The SMILES string of the molecule is CCCCn1nc(C(=O)Nc2cc(C(F)(F)F)ccc2N2CCCCC2)ccc1=O. The third-order valence-corrected chi connectivity index (χ3v) is 5.09. The minimum absolute atomic E-state index is 0.0206. The lowest BCUT2D eigenvalue weighted by molar-refractivity contribution is -0.137. The van der Waals surface area contributed by atoms with Crippen molar-refractivity contribution in [3.63, 3.8) is 0 Å². The molecule has 2 heterocycles. The van der Waals surface area contributed by atoms with Crippen LogP contribution in [0.25, 0.3) is 0 Å². The van der Waals surface area contributed by atoms with Gasteiger partial charge in [-0.15, -0.1) is 0 Å². The lowest BCUT2D eigenvalue weighted by atomic mass is 10.1. The van der Waals surface area contributed by atoms with E-state index in [0.717, 1.165) is 44.2 Å². The van der Waals surface area contributed by atoms with Gasteiger partial charge in [0.05, 0.1) is 16.9 Å². The summed E-state index contributed by atoms with van der Waals surface area (Å²) in [5, 5.41) is 6.66. The average Bonchev–Trinajstić information content (AvgIpc) is 2.73. The molecule has 1 aliphatic heterocycles. The summed E-state index contributed by atoms with van der Waals surface area (Å²) >= 11 is 0. The summed E-state index contributed by atoms with van der Waals surface area (Å²) in [6.45, 7) is 3.78. The number of rotatable bonds is 6. The van der Waals surface area contributed by atoms with Gasteiger partial charge in [-0.05, 0) is 49.9 Å². The number of anilines is 2. The zero-order valence-electron chi connectivity index (χ0n) is 16.8. The van der Waals surface area contributed by atoms with Crippen LogP contribution in [0.4, 0.5) is 24.5 Å². The smallest absolute Gasteiger partial charge is 0.370 e. The van der Waals surface area contributed by atoms with Crippen molar-refractivity contribution in [2.24, 2.45) is 0 Å². The molecule has 0 radical (unpaired) electrons. The number of carbonyl (C=O) groups excluding carboxylic acids is 1. The number of amides is 1. The van der Waals surface area contributed by atoms with Gasteiger partial charge in [-0.25, -0.2) is 4.68 Å². The quantitative estimate of drug-likeness (QED) is 0.754. The number of nitrogens with one attached hydrogen (secondary N) is 1. The Morgan fingerprint density at radius 2 is 1.87 bits per heavy atom. The summed E-state index contributed by atoms with van der Waals surface area (Å²) < 4.78 is 40.9. The zero-order valence-corrected chi connectivity index (χ0v) is 16.8. The van der Waals surface area contributed by atoms with Crippen LogP contribution in [0.15, 0.2) is 35.1 Å². The Morgan fingerprint density at radius 1 is 1.13 bits per heavy atom. The van der Waals surface area contributed by atoms with Crippen LogP contribution in [0.5, 0.6) is 0 Å². The Bertz CT molecular complexity index is 950. The number of benzene rings is 1. The lowest BCUT2D eigenvalue weighted by Crippen LogP contribution is -2.31. The fourth-order valence-electron chi connectivity index (χ4n) is 3.45. The molecule has 0 saturated carbocycles. The van der Waals surface area contributed by atoms with Crippen molar-refractivity contribution in [1.29, 1.82) is 0 Å². The minimum Gasteiger partial charge on any atom is -0.370 e. The maximum Gasteiger partial charge on any atom is 0.416 e. The van der Waals surface area contributed by atoms with Crippen LogP contribution in [0.3, 0.4) is 0 Å². The molecule has 162 valence electrons. The first-order chi connectivity index (χ1) is 14.3. The molecule has 1 saturated heterocycles. The van der Waals surface area contributed by atoms with Crippen molar-refractivity contribution in [2.45, 2.75) is 51.7 Å². The number of nitrogens with zero attached hydrogens (tertiary/aromatic N) is 3. The fraction of sp³-hybridized carbons (Fsp3) is 0.476. The molecule has 1 aliphatic rings. The fourth-order valence-corrected chi connectivity index (χ4v) is 3.45. The summed E-state index contributed by atoms with van der Waals surface area (Å²) in [5.74, 6) is -0.655. The first-order valence-electron chi connectivity index (χ1n) is 10.2. The molecule has 1 N–H and O–H groups in total. The van der Waals surface area contributed by atoms with Crippen molar-refractivity contribution < 1.29 is 18.0 Å². The second-order valence-corrected chi connectivity index (χ2v) is 7.37. The van der Waals surface area contributed by atoms with E-state index in [1.54, 1.807) is 0 Å². The monoisotopic (exact) mass is 422 g/mol. The number of alkyl halides is 3. The van der Waals surface area contributed by atoms with Crippen molar-refractivity contribution in [1.82, 2.24) is 9.78 Å². The second-order valence-electron chi connectivity index (χ2n) is 7.37. The van der Waals surface area contributed by atoms with Crippen LogP contribution in [0, 0.1) is 0 Å². The number of carbonyl (C=O) groups is 1. The van der Waals surface area contributed by atoms with Crippen LogP contribution in [0.2, 0.25) is 0 Å². The van der Waals surface area contributed by atoms with Gasteiger partial charge in [0, 0.05) is 25.7 Å². The summed E-state index contributed by atoms with van der Waals surface area (Å²) in [4.78, 5) is 26.7. The van der Waals surface area contributed by atoms with E-state index in [-0.39, 0.29) is 16.9 Å². The molecule has 1 fully saturated rings. The number of aryl methyl sites for hydroxylation is 1. The minimum atomic E-state index is -4.52. The van der Waals surface area contributed by atoms with Crippen LogP contribution < -0.4 is 15.8 Å². The molecule has 1 amide bonds. The van der Waals surface area contributed by atoms with E-state index in [1.165, 1.54) is 22.9 Å². The molecule has 1 aromatic carbocycles. The Hall–Kier alpha value is -2.84. The summed E-state index contributed by atoms with van der Waals surface area (Å²) in [6.07, 6.45) is 0.0169. The van der Waals surface area contributed by atoms with E-state index in [9.17, 15) is 22.8 Å². The standard InChI is InChI=1S/C21H25F3N4O2/c1-2-3-13-28-19(29)10-8-16(26-28)20(30)25-17-14-15(21(22,23)24)7-9-18(17)27-11-5-4-6-12-27/h7-10,14H,2-6,11-13H2,1H3,(H,25,30). The van der Waals surface area contributed by atoms with Crippen LogP contribution in [0.1, 0.15) is 55.1 Å². The Balaban J connectivity index is 1.91. The third kappa shape index (κ3) is 5.20. The Morgan fingerprint density at radius 3 is 2.53 bits per heavy atom. The Kier molecular flexibility index (Phi) is 6.79. The summed E-state index contributed by atoms with van der Waals surface area (Å²) in [7, 11) is 0. The number of aromatic nitrogens is 2. The highest BCUT2D eigenvalue weighted by Crippen LogP contribution is 2.36. The normalized spacial score (nSPS) is 14.6. The summed E-state index contributed by atoms with van der Waals surface area (Å²) in [6, 6.07) is 5.92. The van der Waals surface area contributed by atoms with Gasteiger partial charge in [0.1, 0.15) is 5.69 Å². The van der Waals surface area contributed by atoms with E-state index in [1.807, 2.05) is 11.8 Å². The number of hydrogen-bond acceptors (Lipinski definition) is 4. The number of piperidine rings is 1. The van der Waals surface area contributed by atoms with Gasteiger partial charge in [-0.2, -0.15) is 18.3 Å². The molecule has 6 nitrogen and oxygen atoms in total. The van der Waals surface area contributed by atoms with E-state index in [2.05, 4.69) is 10.4 Å². The highest BCUT2D eigenvalue weighted by Gasteiger charge is 2.32. The molecule has 1 aromatic heterocycles. The van der Waals surface area contributed by atoms with Crippen molar-refractivity contribution in [2.75, 3.05) is 23.3 Å². The summed E-state index contributed by atoms with van der Waals surface area (Å²) in [5.41, 5.74) is -0.541. The van der Waals surface area contributed by atoms with E-state index < -0.39 is 17.6 Å². The van der Waals surface area contributed by atoms with Crippen molar-refractivity contribution in [3.05, 3.63) is 51.9 Å². The molecule has 30 heavy (non-hydrogen) atoms. The Labute approximate surface area is 172 Å². The number of halogens is 3. The highest BCUT2D eigenvalue weighted by molar-refractivity contribution is 6.04. The highest BCUT2D eigenvalue weighted by atomic mass is 19.4. The van der Waals surface area contributed by atoms with E-state index >= 15 is 0 Å². The molecular weight excluding hydrogens is 397 g/mol. The first kappa shape index (κ1) is 21.9. The number of hydrogen-bond donors (Lipinski definition) is 1. The molecule has 0 atom stereocenters. The average molecular weight is 422 g/mol. The van der Waals surface area contributed by atoms with Crippen LogP contribution in [-0.2, 0) is 12.7 Å². The molecule has 0 bridgehead atoms. The van der Waals surface area contributed by atoms with Gasteiger partial charge in [-0.3, -0.25) is 9.59 Å². The van der Waals surface area contributed by atoms with Crippen LogP contribution >= 0.6 is 0 Å². The maximum absolute atomic E-state index is 13.2. The maximum atomic E-state index is 13.2. The second kappa shape index (κ2) is 9.32. The van der Waals surface area contributed by atoms with Gasteiger partial charge in [-0.1, -0.05) is 13.3 Å². The van der Waals surface area contributed by atoms with Gasteiger partial charge in [0.25, 0.3) is 11.5 Å². The van der Waals surface area contributed by atoms with Gasteiger partial charge >= 0.3 is 6.18 Å². The number of unbranched alkanes of at least 4 members (excludes halogenated alkanes) is 1. The predicted octanol–water partition coefficient (Wildman–Crippen LogP) is 4.30. The van der Waals surface area contributed by atoms with E-state index in [4.69, 9.17) is 0 Å². The molecule has 0 unspecified atom stereocenters. The van der Waals surface area contributed by atoms with E-state index in [0.29, 0.717) is 25.3 Å². The van der Waals surface area contributed by atoms with Gasteiger partial charge < -0.3 is 10.2 Å². The topological polar surface area (TPSA) is 67.2 Å². The lowest BCUT2D eigenvalue weighted by Gasteiger charge is -2.31. The molecule has 3 rings (SSSR count). The molecule has 0 aliphatic carbocycles. The molecular formula is C21H25F3N4O2. The van der Waals surface area contributed by atoms with Gasteiger partial charge in [0.2, 0.25) is 0 Å². The predicted molar refractivity (Wildman–Crippen MR) is 109 cm³/mol. The third-order valence-electron chi connectivity index (χ3n) is 5.09. The zero-order chi connectivity index (χ0) is 21.7. The van der Waals surface area contributed by atoms with Gasteiger partial charge in [0.15, 0.2) is 0 Å². The van der Waals surface area contributed by atoms with Crippen LogP contribution in [-0.4, -0.2) is 28.8 Å². The van der Waals surface area contributed by atoms with Crippen molar-refractivity contribution >= 4 is 17.3 Å². The van der Waals surface area contributed by atoms with Crippen molar-refractivity contribution in [3.8, 4) is 0 Å². The largest absolute Gasteiger partial charge is 0.416 e.